The van der Waals surface area contributed by atoms with Gasteiger partial charge in [-0.15, -0.1) is 24.0 Å². The molecule has 1 aromatic carbocycles. The van der Waals surface area contributed by atoms with E-state index in [0.717, 1.165) is 19.5 Å². The van der Waals surface area contributed by atoms with E-state index in [2.05, 4.69) is 74.2 Å². The Balaban J connectivity index is 0.00000441. The van der Waals surface area contributed by atoms with Crippen LogP contribution in [-0.4, -0.2) is 36.0 Å². The summed E-state index contributed by atoms with van der Waals surface area (Å²) in [5.74, 6) is 0.528. The second kappa shape index (κ2) is 10.0. The van der Waals surface area contributed by atoms with Crippen molar-refractivity contribution in [2.75, 3.05) is 13.6 Å². The van der Waals surface area contributed by atoms with E-state index >= 15 is 0 Å². The third kappa shape index (κ3) is 9.25. The van der Waals surface area contributed by atoms with Gasteiger partial charge >= 0.3 is 0 Å². The Bertz CT molecular complexity index is 440. The number of benzene rings is 1. The van der Waals surface area contributed by atoms with E-state index in [1.54, 1.807) is 0 Å². The maximum Gasteiger partial charge on any atom is 0.188 e. The SMILES string of the molecule is CC(CCN=C(N)NC(C)(C)C)N(C)Cc1ccccc1.I. The molecule has 0 aliphatic rings. The lowest BCUT2D eigenvalue weighted by Crippen LogP contribution is -2.45. The van der Waals surface area contributed by atoms with Gasteiger partial charge in [0.25, 0.3) is 0 Å². The molecule has 0 aliphatic heterocycles. The number of nitrogens with one attached hydrogen (secondary N) is 1. The Morgan fingerprint density at radius 1 is 1.27 bits per heavy atom. The molecule has 0 spiro atoms. The second-order valence-electron chi connectivity index (χ2n) is 6.68. The summed E-state index contributed by atoms with van der Waals surface area (Å²) in [7, 11) is 2.15. The van der Waals surface area contributed by atoms with Gasteiger partial charge in [0, 0.05) is 24.7 Å². The predicted molar refractivity (Wildman–Crippen MR) is 107 cm³/mol. The zero-order valence-electron chi connectivity index (χ0n) is 14.5. The van der Waals surface area contributed by atoms with Crippen LogP contribution in [0.15, 0.2) is 35.3 Å². The first-order chi connectivity index (χ1) is 9.78. The number of hydrogen-bond donors (Lipinski definition) is 2. The van der Waals surface area contributed by atoms with Gasteiger partial charge in [0.2, 0.25) is 0 Å². The Morgan fingerprint density at radius 3 is 2.41 bits per heavy atom. The van der Waals surface area contributed by atoms with Crippen LogP contribution in [0.3, 0.4) is 0 Å². The number of halogens is 1. The van der Waals surface area contributed by atoms with E-state index in [0.29, 0.717) is 12.0 Å². The standard InChI is InChI=1S/C17H30N4.HI/c1-14(11-12-19-16(18)20-17(2,3)4)21(5)13-15-9-7-6-8-10-15;/h6-10,14H,11-13H2,1-5H3,(H3,18,19,20);1H. The molecule has 5 heteroatoms. The van der Waals surface area contributed by atoms with Gasteiger partial charge in [0.05, 0.1) is 0 Å². The monoisotopic (exact) mass is 418 g/mol. The smallest absolute Gasteiger partial charge is 0.188 e. The van der Waals surface area contributed by atoms with Crippen molar-refractivity contribution in [3.05, 3.63) is 35.9 Å². The molecule has 0 radical (unpaired) electrons. The summed E-state index contributed by atoms with van der Waals surface area (Å²) in [6.45, 7) is 10.2. The highest BCUT2D eigenvalue weighted by atomic mass is 127. The lowest BCUT2D eigenvalue weighted by Gasteiger charge is -2.24. The number of nitrogens with two attached hydrogens (primary N) is 1. The summed E-state index contributed by atoms with van der Waals surface area (Å²) in [6, 6.07) is 11.0. The van der Waals surface area contributed by atoms with Crippen LogP contribution < -0.4 is 11.1 Å². The molecule has 1 atom stereocenters. The molecule has 0 heterocycles. The van der Waals surface area contributed by atoms with E-state index < -0.39 is 0 Å². The van der Waals surface area contributed by atoms with Gasteiger partial charge in [0.15, 0.2) is 5.96 Å². The van der Waals surface area contributed by atoms with Crippen molar-refractivity contribution >= 4 is 29.9 Å². The van der Waals surface area contributed by atoms with Crippen LogP contribution >= 0.6 is 24.0 Å². The van der Waals surface area contributed by atoms with Crippen molar-refractivity contribution in [3.63, 3.8) is 0 Å². The van der Waals surface area contributed by atoms with Crippen molar-refractivity contribution in [1.82, 2.24) is 10.2 Å². The molecular weight excluding hydrogens is 387 g/mol. The van der Waals surface area contributed by atoms with Crippen LogP contribution in [0.25, 0.3) is 0 Å². The summed E-state index contributed by atoms with van der Waals surface area (Å²) < 4.78 is 0. The second-order valence-corrected chi connectivity index (χ2v) is 6.68. The predicted octanol–water partition coefficient (Wildman–Crippen LogP) is 3.22. The normalized spacial score (nSPS) is 13.6. The van der Waals surface area contributed by atoms with E-state index in [1.165, 1.54) is 5.56 Å². The highest BCUT2D eigenvalue weighted by molar-refractivity contribution is 14.0. The van der Waals surface area contributed by atoms with Crippen LogP contribution in [-0.2, 0) is 6.54 Å². The molecule has 1 aromatic rings. The quantitative estimate of drug-likeness (QED) is 0.424. The molecule has 126 valence electrons. The van der Waals surface area contributed by atoms with Crippen LogP contribution in [0.2, 0.25) is 0 Å². The van der Waals surface area contributed by atoms with Gasteiger partial charge in [-0.2, -0.15) is 0 Å². The Labute approximate surface area is 152 Å². The summed E-state index contributed by atoms with van der Waals surface area (Å²) in [5, 5.41) is 3.18. The highest BCUT2D eigenvalue weighted by Crippen LogP contribution is 2.08. The van der Waals surface area contributed by atoms with Crippen molar-refractivity contribution in [3.8, 4) is 0 Å². The van der Waals surface area contributed by atoms with Crippen molar-refractivity contribution in [1.29, 1.82) is 0 Å². The summed E-state index contributed by atoms with van der Waals surface area (Å²) in [5.41, 5.74) is 7.17. The number of guanidine groups is 1. The highest BCUT2D eigenvalue weighted by Gasteiger charge is 2.11. The van der Waals surface area contributed by atoms with Crippen LogP contribution in [0.1, 0.15) is 39.7 Å². The third-order valence-electron chi connectivity index (χ3n) is 3.36. The minimum atomic E-state index is -0.0384. The molecule has 4 nitrogen and oxygen atoms in total. The number of hydrogen-bond acceptors (Lipinski definition) is 2. The molecule has 1 rings (SSSR count). The maximum absolute atomic E-state index is 5.87. The van der Waals surface area contributed by atoms with Crippen LogP contribution in [0, 0.1) is 0 Å². The van der Waals surface area contributed by atoms with Gasteiger partial charge in [-0.25, -0.2) is 0 Å². The molecule has 0 saturated heterocycles. The Morgan fingerprint density at radius 2 is 1.86 bits per heavy atom. The average molecular weight is 418 g/mol. The fourth-order valence-corrected chi connectivity index (χ4v) is 2.04. The lowest BCUT2D eigenvalue weighted by atomic mass is 10.1. The van der Waals surface area contributed by atoms with E-state index in [-0.39, 0.29) is 29.5 Å². The molecule has 0 amide bonds. The first-order valence-electron chi connectivity index (χ1n) is 7.60. The van der Waals surface area contributed by atoms with Gasteiger partial charge < -0.3 is 11.1 Å². The van der Waals surface area contributed by atoms with Crippen LogP contribution in [0.4, 0.5) is 0 Å². The summed E-state index contributed by atoms with van der Waals surface area (Å²) in [6.07, 6.45) is 0.996. The van der Waals surface area contributed by atoms with Crippen molar-refractivity contribution in [2.24, 2.45) is 10.7 Å². The fourth-order valence-electron chi connectivity index (χ4n) is 2.04. The van der Waals surface area contributed by atoms with Crippen molar-refractivity contribution < 1.29 is 0 Å². The van der Waals surface area contributed by atoms with Gasteiger partial charge in [-0.3, -0.25) is 9.89 Å². The van der Waals surface area contributed by atoms with E-state index in [9.17, 15) is 0 Å². The minimum absolute atomic E-state index is 0. The van der Waals surface area contributed by atoms with Gasteiger partial charge in [-0.05, 0) is 46.7 Å². The number of aliphatic imine (C=N–C) groups is 1. The molecule has 0 saturated carbocycles. The molecule has 0 fully saturated rings. The molecular formula is C17H31IN4. The lowest BCUT2D eigenvalue weighted by molar-refractivity contribution is 0.240. The molecule has 0 bridgehead atoms. The molecule has 0 aliphatic carbocycles. The van der Waals surface area contributed by atoms with Crippen LogP contribution in [0.5, 0.6) is 0 Å². The Kier molecular flexibility index (Phi) is 9.67. The number of nitrogens with zero attached hydrogens (tertiary/aromatic N) is 2. The van der Waals surface area contributed by atoms with Gasteiger partial charge in [0.1, 0.15) is 0 Å². The first kappa shape index (κ1) is 21.2. The zero-order chi connectivity index (χ0) is 15.9. The summed E-state index contributed by atoms with van der Waals surface area (Å²) >= 11 is 0. The average Bonchev–Trinajstić information content (AvgIpc) is 2.37. The number of rotatable bonds is 6. The minimum Gasteiger partial charge on any atom is -0.370 e. The molecule has 22 heavy (non-hydrogen) atoms. The fraction of sp³-hybridized carbons (Fsp3) is 0.588. The zero-order valence-corrected chi connectivity index (χ0v) is 16.8. The van der Waals surface area contributed by atoms with Crippen molar-refractivity contribution in [2.45, 2.75) is 52.2 Å². The largest absolute Gasteiger partial charge is 0.370 e. The Hall–Kier alpha value is -0.820. The maximum atomic E-state index is 5.87. The molecule has 3 N–H and O–H groups in total. The van der Waals surface area contributed by atoms with E-state index in [1.807, 2.05) is 6.07 Å². The molecule has 0 aromatic heterocycles. The first-order valence-corrected chi connectivity index (χ1v) is 7.60. The topological polar surface area (TPSA) is 53.6 Å². The summed E-state index contributed by atoms with van der Waals surface area (Å²) in [4.78, 5) is 6.74. The van der Waals surface area contributed by atoms with E-state index in [4.69, 9.17) is 5.73 Å². The third-order valence-corrected chi connectivity index (χ3v) is 3.36. The van der Waals surface area contributed by atoms with Gasteiger partial charge in [-0.1, -0.05) is 30.3 Å². The molecule has 1 unspecified atom stereocenters.